The molecule has 1 aromatic rings. The zero-order valence-electron chi connectivity index (χ0n) is 7.20. The van der Waals surface area contributed by atoms with Crippen LogP contribution in [0.25, 0.3) is 0 Å². The molecule has 0 unspecified atom stereocenters. The molecule has 0 N–H and O–H groups in total. The van der Waals surface area contributed by atoms with Gasteiger partial charge in [0.15, 0.2) is 0 Å². The second kappa shape index (κ2) is 4.84. The number of benzene rings is 1. The van der Waals surface area contributed by atoms with Gasteiger partial charge in [-0.25, -0.2) is 0 Å². The van der Waals surface area contributed by atoms with E-state index in [-0.39, 0.29) is 0 Å². The molecule has 0 heterocycles. The maximum Gasteiger partial charge on any atom is 0.133 e. The van der Waals surface area contributed by atoms with Gasteiger partial charge in [-0.3, -0.25) is 0 Å². The van der Waals surface area contributed by atoms with Crippen LogP contribution >= 0.6 is 36.4 Å². The van der Waals surface area contributed by atoms with Crippen molar-refractivity contribution in [3.63, 3.8) is 0 Å². The molecule has 1 rings (SSSR count). The predicted molar refractivity (Wildman–Crippen MR) is 64.5 cm³/mol. The van der Waals surface area contributed by atoms with Gasteiger partial charge in [-0.2, -0.15) is 0 Å². The van der Waals surface area contributed by atoms with Crippen molar-refractivity contribution in [1.29, 1.82) is 0 Å². The van der Waals surface area contributed by atoms with E-state index in [0.717, 1.165) is 17.1 Å². The van der Waals surface area contributed by atoms with E-state index in [0.29, 0.717) is 4.32 Å². The molecule has 4 heteroatoms. The molecule has 0 atom stereocenters. The van der Waals surface area contributed by atoms with Crippen LogP contribution in [0.1, 0.15) is 5.56 Å². The van der Waals surface area contributed by atoms with Crippen molar-refractivity contribution in [2.75, 3.05) is 7.05 Å². The summed E-state index contributed by atoms with van der Waals surface area (Å²) in [7, 11) is 1.90. The fourth-order valence-corrected chi connectivity index (χ4v) is 1.32. The van der Waals surface area contributed by atoms with Gasteiger partial charge in [-0.1, -0.05) is 36.0 Å². The third-order valence-electron chi connectivity index (χ3n) is 1.64. The first-order chi connectivity index (χ1) is 6.09. The van der Waals surface area contributed by atoms with Crippen molar-refractivity contribution in [2.24, 2.45) is 0 Å². The Hall–Kier alpha value is -0.250. The van der Waals surface area contributed by atoms with Gasteiger partial charge in [-0.05, 0) is 17.7 Å². The Morgan fingerprint density at radius 3 is 2.85 bits per heavy atom. The Morgan fingerprint density at radius 1 is 1.62 bits per heavy atom. The first kappa shape index (κ1) is 10.8. The second-order valence-electron chi connectivity index (χ2n) is 2.77. The van der Waals surface area contributed by atoms with E-state index in [9.17, 15) is 0 Å². The van der Waals surface area contributed by atoms with Gasteiger partial charge >= 0.3 is 0 Å². The first-order valence-electron chi connectivity index (χ1n) is 3.78. The molecule has 0 bridgehead atoms. The molecule has 13 heavy (non-hydrogen) atoms. The number of hydrogen-bond donors (Lipinski definition) is 1. The summed E-state index contributed by atoms with van der Waals surface area (Å²) in [5, 5.41) is 0.746. The average Bonchev–Trinajstić information content (AvgIpc) is 2.04. The van der Waals surface area contributed by atoms with Gasteiger partial charge in [-0.15, -0.1) is 12.6 Å². The molecule has 0 saturated carbocycles. The average molecular weight is 232 g/mol. The summed E-state index contributed by atoms with van der Waals surface area (Å²) in [4.78, 5) is 1.88. The van der Waals surface area contributed by atoms with Crippen LogP contribution in [-0.2, 0) is 6.54 Å². The molecule has 1 nitrogen and oxygen atoms in total. The van der Waals surface area contributed by atoms with E-state index in [1.54, 1.807) is 0 Å². The molecule has 0 aliphatic rings. The van der Waals surface area contributed by atoms with Gasteiger partial charge in [0.25, 0.3) is 0 Å². The molecular weight excluding hydrogens is 222 g/mol. The van der Waals surface area contributed by atoms with Crippen molar-refractivity contribution < 1.29 is 0 Å². The SMILES string of the molecule is CN(Cc1cccc(Cl)c1)C(=S)S. The molecule has 0 saturated heterocycles. The van der Waals surface area contributed by atoms with E-state index in [1.807, 2.05) is 36.2 Å². The molecule has 0 fully saturated rings. The molecule has 0 aliphatic heterocycles. The molecule has 0 radical (unpaired) electrons. The van der Waals surface area contributed by atoms with Crippen LogP contribution in [0, 0.1) is 0 Å². The van der Waals surface area contributed by atoms with E-state index in [4.69, 9.17) is 23.8 Å². The normalized spacial score (nSPS) is 9.77. The Labute approximate surface area is 94.1 Å². The van der Waals surface area contributed by atoms with Gasteiger partial charge in [0.2, 0.25) is 0 Å². The summed E-state index contributed by atoms with van der Waals surface area (Å²) in [6, 6.07) is 7.70. The summed E-state index contributed by atoms with van der Waals surface area (Å²) in [5.74, 6) is 0. The summed E-state index contributed by atoms with van der Waals surface area (Å²) in [6.45, 7) is 0.739. The molecule has 1 aromatic carbocycles. The molecule has 0 aromatic heterocycles. The van der Waals surface area contributed by atoms with Crippen molar-refractivity contribution in [2.45, 2.75) is 6.54 Å². The number of hydrogen-bond acceptors (Lipinski definition) is 1. The predicted octanol–water partition coefficient (Wildman–Crippen LogP) is 2.99. The van der Waals surface area contributed by atoms with Gasteiger partial charge in [0, 0.05) is 18.6 Å². The fourth-order valence-electron chi connectivity index (χ4n) is 0.977. The third kappa shape index (κ3) is 3.55. The minimum absolute atomic E-state index is 0.583. The minimum Gasteiger partial charge on any atom is -0.356 e. The van der Waals surface area contributed by atoms with Gasteiger partial charge in [0.05, 0.1) is 0 Å². The van der Waals surface area contributed by atoms with E-state index >= 15 is 0 Å². The highest BCUT2D eigenvalue weighted by Gasteiger charge is 2.00. The van der Waals surface area contributed by atoms with Crippen LogP contribution in [0.15, 0.2) is 24.3 Å². The summed E-state index contributed by atoms with van der Waals surface area (Å²) < 4.78 is 0.583. The Balaban J connectivity index is 2.69. The van der Waals surface area contributed by atoms with E-state index < -0.39 is 0 Å². The quantitative estimate of drug-likeness (QED) is 0.616. The zero-order valence-corrected chi connectivity index (χ0v) is 9.66. The smallest absolute Gasteiger partial charge is 0.133 e. The zero-order chi connectivity index (χ0) is 9.84. The van der Waals surface area contributed by atoms with Crippen LogP contribution in [-0.4, -0.2) is 16.3 Å². The Kier molecular flexibility index (Phi) is 4.03. The van der Waals surface area contributed by atoms with Crippen LogP contribution in [0.5, 0.6) is 0 Å². The van der Waals surface area contributed by atoms with Crippen LogP contribution in [0.4, 0.5) is 0 Å². The monoisotopic (exact) mass is 231 g/mol. The maximum absolute atomic E-state index is 5.84. The standard InChI is InChI=1S/C9H10ClNS2/c1-11(9(12)13)6-7-3-2-4-8(10)5-7/h2-5H,6H2,1H3,(H,12,13). The molecule has 0 spiro atoms. The highest BCUT2D eigenvalue weighted by Crippen LogP contribution is 2.12. The largest absolute Gasteiger partial charge is 0.356 e. The van der Waals surface area contributed by atoms with E-state index in [2.05, 4.69) is 12.6 Å². The molecule has 0 aliphatic carbocycles. The highest BCUT2D eigenvalue weighted by atomic mass is 35.5. The number of rotatable bonds is 2. The Morgan fingerprint density at radius 2 is 2.31 bits per heavy atom. The van der Waals surface area contributed by atoms with Gasteiger partial charge in [0.1, 0.15) is 4.32 Å². The van der Waals surface area contributed by atoms with Crippen molar-refractivity contribution >= 4 is 40.8 Å². The topological polar surface area (TPSA) is 3.24 Å². The number of nitrogens with zero attached hydrogens (tertiary/aromatic N) is 1. The van der Waals surface area contributed by atoms with Crippen molar-refractivity contribution in [1.82, 2.24) is 4.90 Å². The number of thiol groups is 1. The summed E-state index contributed by atoms with van der Waals surface area (Å²) in [6.07, 6.45) is 0. The lowest BCUT2D eigenvalue weighted by Gasteiger charge is -2.16. The lowest BCUT2D eigenvalue weighted by molar-refractivity contribution is 0.519. The lowest BCUT2D eigenvalue weighted by atomic mass is 10.2. The number of thiocarbonyl (C=S) groups is 1. The maximum atomic E-state index is 5.84. The molecular formula is C9H10ClNS2. The van der Waals surface area contributed by atoms with Crippen molar-refractivity contribution in [3.8, 4) is 0 Å². The van der Waals surface area contributed by atoms with Crippen LogP contribution < -0.4 is 0 Å². The fraction of sp³-hybridized carbons (Fsp3) is 0.222. The van der Waals surface area contributed by atoms with Crippen LogP contribution in [0.2, 0.25) is 5.02 Å². The Bertz CT molecular complexity index is 314. The van der Waals surface area contributed by atoms with Crippen LogP contribution in [0.3, 0.4) is 0 Å². The second-order valence-corrected chi connectivity index (χ2v) is 4.32. The van der Waals surface area contributed by atoms with Crippen molar-refractivity contribution in [3.05, 3.63) is 34.9 Å². The minimum atomic E-state index is 0.583. The molecule has 0 amide bonds. The third-order valence-corrected chi connectivity index (χ3v) is 2.52. The summed E-state index contributed by atoms with van der Waals surface area (Å²) >= 11 is 14.8. The highest BCUT2D eigenvalue weighted by molar-refractivity contribution is 8.10. The molecule has 70 valence electrons. The summed E-state index contributed by atoms with van der Waals surface area (Å²) in [5.41, 5.74) is 1.13. The van der Waals surface area contributed by atoms with Gasteiger partial charge < -0.3 is 4.90 Å². The van der Waals surface area contributed by atoms with E-state index in [1.165, 1.54) is 0 Å². The lowest BCUT2D eigenvalue weighted by Crippen LogP contribution is -2.19. The first-order valence-corrected chi connectivity index (χ1v) is 5.01. The number of halogens is 1.